The molecule has 0 radical (unpaired) electrons. The standard InChI is InChI=1S/C18H17ClF3NO3/c1-10-13(17(24)25)8-16(23(10)9-12-3-2-6-26-12)14-7-11(18(20,21)22)4-5-15(14)19/h4-5,7-8,12H,2-3,6,9H2,1H3,(H,24,25). The molecule has 0 saturated carbocycles. The maximum atomic E-state index is 13.1. The van der Waals surface area contributed by atoms with Gasteiger partial charge in [-0.25, -0.2) is 4.79 Å². The van der Waals surface area contributed by atoms with E-state index in [1.807, 2.05) is 0 Å². The highest BCUT2D eigenvalue weighted by molar-refractivity contribution is 6.33. The van der Waals surface area contributed by atoms with Gasteiger partial charge in [0.2, 0.25) is 0 Å². The van der Waals surface area contributed by atoms with Crippen LogP contribution in [0.4, 0.5) is 13.2 Å². The lowest BCUT2D eigenvalue weighted by molar-refractivity contribution is -0.137. The molecule has 0 bridgehead atoms. The Kier molecular flexibility index (Phi) is 5.03. The van der Waals surface area contributed by atoms with Crippen molar-refractivity contribution >= 4 is 17.6 Å². The van der Waals surface area contributed by atoms with E-state index in [-0.39, 0.29) is 22.3 Å². The number of carboxylic acids is 1. The van der Waals surface area contributed by atoms with E-state index in [9.17, 15) is 23.1 Å². The van der Waals surface area contributed by atoms with Crippen LogP contribution in [0.3, 0.4) is 0 Å². The number of ether oxygens (including phenoxy) is 1. The van der Waals surface area contributed by atoms with Crippen molar-refractivity contribution in [2.45, 2.75) is 38.6 Å². The van der Waals surface area contributed by atoms with Gasteiger partial charge in [0.05, 0.1) is 22.9 Å². The molecule has 1 aliphatic rings. The van der Waals surface area contributed by atoms with Crippen molar-refractivity contribution in [1.82, 2.24) is 4.57 Å². The van der Waals surface area contributed by atoms with Gasteiger partial charge in [-0.05, 0) is 44.0 Å². The first-order valence-electron chi connectivity index (χ1n) is 8.10. The zero-order chi connectivity index (χ0) is 19.1. The summed E-state index contributed by atoms with van der Waals surface area (Å²) >= 11 is 6.15. The van der Waals surface area contributed by atoms with E-state index in [1.54, 1.807) is 11.5 Å². The summed E-state index contributed by atoms with van der Waals surface area (Å²) in [6, 6.07) is 4.41. The van der Waals surface area contributed by atoms with Crippen LogP contribution in [0.2, 0.25) is 5.02 Å². The van der Waals surface area contributed by atoms with Crippen molar-refractivity contribution in [3.05, 3.63) is 46.1 Å². The van der Waals surface area contributed by atoms with Crippen LogP contribution in [0.1, 0.15) is 34.5 Å². The number of hydrogen-bond donors (Lipinski definition) is 1. The van der Waals surface area contributed by atoms with E-state index < -0.39 is 17.7 Å². The second-order valence-corrected chi connectivity index (χ2v) is 6.68. The van der Waals surface area contributed by atoms with Gasteiger partial charge in [0.15, 0.2) is 0 Å². The summed E-state index contributed by atoms with van der Waals surface area (Å²) < 4.78 is 46.6. The molecule has 1 aromatic heterocycles. The number of benzene rings is 1. The quantitative estimate of drug-likeness (QED) is 0.802. The van der Waals surface area contributed by atoms with E-state index in [0.717, 1.165) is 25.0 Å². The van der Waals surface area contributed by atoms with E-state index >= 15 is 0 Å². The van der Waals surface area contributed by atoms with Crippen LogP contribution in [-0.2, 0) is 17.5 Å². The number of carboxylic acid groups (broad SMARTS) is 1. The van der Waals surface area contributed by atoms with Gasteiger partial charge in [-0.15, -0.1) is 0 Å². The number of alkyl halides is 3. The second-order valence-electron chi connectivity index (χ2n) is 6.27. The predicted molar refractivity (Wildman–Crippen MR) is 90.6 cm³/mol. The first-order chi connectivity index (χ1) is 12.2. The van der Waals surface area contributed by atoms with Crippen molar-refractivity contribution in [1.29, 1.82) is 0 Å². The molecule has 1 aliphatic heterocycles. The smallest absolute Gasteiger partial charge is 0.416 e. The fourth-order valence-electron chi connectivity index (χ4n) is 3.21. The third-order valence-electron chi connectivity index (χ3n) is 4.58. The molecule has 2 heterocycles. The molecule has 1 aromatic carbocycles. The van der Waals surface area contributed by atoms with Crippen LogP contribution in [0.15, 0.2) is 24.3 Å². The largest absolute Gasteiger partial charge is 0.478 e. The molecule has 4 nitrogen and oxygen atoms in total. The lowest BCUT2D eigenvalue weighted by Crippen LogP contribution is -2.17. The van der Waals surface area contributed by atoms with Gasteiger partial charge in [-0.2, -0.15) is 13.2 Å². The molecular formula is C18H17ClF3NO3. The van der Waals surface area contributed by atoms with Crippen molar-refractivity contribution < 1.29 is 27.8 Å². The lowest BCUT2D eigenvalue weighted by Gasteiger charge is -2.18. The third-order valence-corrected chi connectivity index (χ3v) is 4.91. The minimum Gasteiger partial charge on any atom is -0.478 e. The van der Waals surface area contributed by atoms with Gasteiger partial charge in [-0.1, -0.05) is 11.6 Å². The molecule has 0 amide bonds. The highest BCUT2D eigenvalue weighted by atomic mass is 35.5. The molecule has 1 saturated heterocycles. The number of aromatic carboxylic acids is 1. The van der Waals surface area contributed by atoms with E-state index in [4.69, 9.17) is 16.3 Å². The van der Waals surface area contributed by atoms with Crippen molar-refractivity contribution in [2.75, 3.05) is 6.61 Å². The molecule has 1 unspecified atom stereocenters. The maximum absolute atomic E-state index is 13.1. The molecule has 3 rings (SSSR count). The van der Waals surface area contributed by atoms with Crippen LogP contribution >= 0.6 is 11.6 Å². The fraction of sp³-hybridized carbons (Fsp3) is 0.389. The van der Waals surface area contributed by atoms with Crippen molar-refractivity contribution in [3.8, 4) is 11.3 Å². The van der Waals surface area contributed by atoms with Crippen LogP contribution in [0.5, 0.6) is 0 Å². The van der Waals surface area contributed by atoms with Crippen molar-refractivity contribution in [2.24, 2.45) is 0 Å². The van der Waals surface area contributed by atoms with Gasteiger partial charge < -0.3 is 14.4 Å². The number of hydrogen-bond acceptors (Lipinski definition) is 2. The van der Waals surface area contributed by atoms with Crippen LogP contribution < -0.4 is 0 Å². The monoisotopic (exact) mass is 387 g/mol. The summed E-state index contributed by atoms with van der Waals surface area (Å²) in [4.78, 5) is 11.5. The van der Waals surface area contributed by atoms with Gasteiger partial charge in [0.1, 0.15) is 0 Å². The Bertz CT molecular complexity index is 839. The summed E-state index contributed by atoms with van der Waals surface area (Å²) in [5.41, 5.74) is 0.140. The average Bonchev–Trinajstić information content (AvgIpc) is 3.16. The highest BCUT2D eigenvalue weighted by Gasteiger charge is 2.32. The molecule has 140 valence electrons. The highest BCUT2D eigenvalue weighted by Crippen LogP contribution is 2.37. The van der Waals surface area contributed by atoms with E-state index in [1.165, 1.54) is 12.1 Å². The number of nitrogens with zero attached hydrogens (tertiary/aromatic N) is 1. The van der Waals surface area contributed by atoms with Crippen LogP contribution in [0, 0.1) is 6.92 Å². The van der Waals surface area contributed by atoms with Gasteiger partial charge in [-0.3, -0.25) is 0 Å². The Labute approximate surface area is 153 Å². The molecule has 1 fully saturated rings. The van der Waals surface area contributed by atoms with Crippen molar-refractivity contribution in [3.63, 3.8) is 0 Å². The van der Waals surface area contributed by atoms with Gasteiger partial charge >= 0.3 is 12.1 Å². The number of rotatable bonds is 4. The normalized spacial score (nSPS) is 17.7. The summed E-state index contributed by atoms with van der Waals surface area (Å²) in [5, 5.41) is 9.53. The summed E-state index contributed by atoms with van der Waals surface area (Å²) in [5.74, 6) is -1.14. The lowest BCUT2D eigenvalue weighted by atomic mass is 10.1. The van der Waals surface area contributed by atoms with Crippen LogP contribution in [-0.4, -0.2) is 28.4 Å². The van der Waals surface area contributed by atoms with E-state index in [0.29, 0.717) is 24.5 Å². The number of carbonyl (C=O) groups is 1. The first kappa shape index (κ1) is 18.8. The predicted octanol–water partition coefficient (Wildman–Crippen LogP) is 5.01. The summed E-state index contributed by atoms with van der Waals surface area (Å²) in [7, 11) is 0. The molecule has 2 aromatic rings. The zero-order valence-corrected chi connectivity index (χ0v) is 14.7. The summed E-state index contributed by atoms with van der Waals surface area (Å²) in [6.45, 7) is 2.61. The van der Waals surface area contributed by atoms with Crippen LogP contribution in [0.25, 0.3) is 11.3 Å². The molecule has 8 heteroatoms. The Hall–Kier alpha value is -1.99. The third kappa shape index (κ3) is 3.59. The zero-order valence-electron chi connectivity index (χ0n) is 13.9. The summed E-state index contributed by atoms with van der Waals surface area (Å²) in [6.07, 6.45) is -2.91. The molecule has 26 heavy (non-hydrogen) atoms. The SMILES string of the molecule is Cc1c(C(=O)O)cc(-c2cc(C(F)(F)F)ccc2Cl)n1CC1CCCO1. The van der Waals surface area contributed by atoms with E-state index in [2.05, 4.69) is 0 Å². The molecule has 0 spiro atoms. The minimum absolute atomic E-state index is 0.0338. The fourth-order valence-corrected chi connectivity index (χ4v) is 3.42. The van der Waals surface area contributed by atoms with Gasteiger partial charge in [0.25, 0.3) is 0 Å². The Morgan fingerprint density at radius 1 is 1.38 bits per heavy atom. The first-order valence-corrected chi connectivity index (χ1v) is 8.48. The molecular weight excluding hydrogens is 371 g/mol. The number of aromatic nitrogens is 1. The molecule has 0 aliphatic carbocycles. The van der Waals surface area contributed by atoms with Gasteiger partial charge in [0, 0.05) is 29.4 Å². The Balaban J connectivity index is 2.14. The average molecular weight is 388 g/mol. The minimum atomic E-state index is -4.52. The maximum Gasteiger partial charge on any atom is 0.416 e. The Morgan fingerprint density at radius 3 is 2.69 bits per heavy atom. The second kappa shape index (κ2) is 6.96. The Morgan fingerprint density at radius 2 is 2.12 bits per heavy atom. The molecule has 1 atom stereocenters. The number of halogens is 4. The molecule has 1 N–H and O–H groups in total. The topological polar surface area (TPSA) is 51.5 Å².